The minimum atomic E-state index is -1.21. The summed E-state index contributed by atoms with van der Waals surface area (Å²) in [6, 6.07) is -2.94. The van der Waals surface area contributed by atoms with Gasteiger partial charge < -0.3 is 41.5 Å². The lowest BCUT2D eigenvalue weighted by atomic mass is 9.78. The zero-order chi connectivity index (χ0) is 28.9. The molecule has 5 heterocycles. The number of nitrogens with two attached hydrogens (primary N) is 1. The number of aliphatic carboxylic acids is 1. The number of β-lactam (4-membered cyclic amide) rings is 1. The number of hydrogen-bond acceptors (Lipinski definition) is 12. The number of aliphatic hydroxyl groups excluding tert-OH is 2. The highest BCUT2D eigenvalue weighted by Crippen LogP contribution is 2.51. The normalized spacial score (nSPS) is 34.2. The van der Waals surface area contributed by atoms with Crippen LogP contribution in [-0.2, 0) is 25.7 Å². The third kappa shape index (κ3) is 4.85. The Kier molecular flexibility index (Phi) is 7.84. The van der Waals surface area contributed by atoms with Crippen LogP contribution < -0.4 is 16.4 Å². The third-order valence-corrected chi connectivity index (χ3v) is 9.75. The number of amides is 3. The number of tetrazole rings is 1. The highest BCUT2D eigenvalue weighted by molar-refractivity contribution is 8.03. The van der Waals surface area contributed by atoms with E-state index < -0.39 is 48.2 Å². The molecule has 9 atom stereocenters. The summed E-state index contributed by atoms with van der Waals surface area (Å²) >= 11 is 1.35. The lowest BCUT2D eigenvalue weighted by molar-refractivity contribution is -0.158. The number of carboxylic acid groups (broad SMARTS) is 1. The van der Waals surface area contributed by atoms with Crippen LogP contribution in [0.25, 0.3) is 0 Å². The largest absolute Gasteiger partial charge is 0.477 e. The van der Waals surface area contributed by atoms with E-state index in [0.29, 0.717) is 17.9 Å². The molecule has 218 valence electrons. The first-order valence-corrected chi connectivity index (χ1v) is 14.0. The maximum absolute atomic E-state index is 13.2. The van der Waals surface area contributed by atoms with Gasteiger partial charge in [-0.25, -0.2) is 9.48 Å². The molecule has 3 amide bonds. The zero-order valence-electron chi connectivity index (χ0n) is 22.0. The van der Waals surface area contributed by atoms with Crippen molar-refractivity contribution in [2.45, 2.75) is 68.4 Å². The van der Waals surface area contributed by atoms with Crippen molar-refractivity contribution in [1.82, 2.24) is 40.6 Å². The van der Waals surface area contributed by atoms with Gasteiger partial charge in [-0.2, -0.15) is 0 Å². The summed E-state index contributed by atoms with van der Waals surface area (Å²) in [6.45, 7) is 3.59. The molecule has 3 unspecified atom stereocenters. The van der Waals surface area contributed by atoms with Crippen molar-refractivity contribution in [3.63, 3.8) is 0 Å². The van der Waals surface area contributed by atoms with E-state index in [2.05, 4.69) is 26.2 Å². The number of aromatic nitrogens is 4. The van der Waals surface area contributed by atoms with Gasteiger partial charge >= 0.3 is 5.97 Å². The Balaban J connectivity index is 1.24. The van der Waals surface area contributed by atoms with Crippen LogP contribution in [-0.4, -0.2) is 130 Å². The highest BCUT2D eigenvalue weighted by atomic mass is 32.2. The molecule has 4 aliphatic rings. The van der Waals surface area contributed by atoms with Gasteiger partial charge in [-0.05, 0) is 23.8 Å². The molecule has 3 saturated heterocycles. The van der Waals surface area contributed by atoms with Gasteiger partial charge in [0.2, 0.25) is 17.7 Å². The summed E-state index contributed by atoms with van der Waals surface area (Å²) in [7, 11) is 0. The molecule has 3 fully saturated rings. The SMILES string of the molecule is CC(NC(=O)Cn1cnnn1)[C@H]1C(=O)N2C(C(=O)O)=C(S[C@@H]3CN[C@H](C(=O)N4CC(O)[C@@H](N)C4CO)C3)[C@H](C)[C@H]12. The Hall–Kier alpha value is -3.12. The van der Waals surface area contributed by atoms with Gasteiger partial charge in [0.15, 0.2) is 0 Å². The Morgan fingerprint density at radius 1 is 1.35 bits per heavy atom. The number of fused-ring (bicyclic) bond motifs is 1. The molecular formula is C23H33N9O7S. The first kappa shape index (κ1) is 28.4. The topological polar surface area (TPSA) is 229 Å². The number of β-amino-alcohol motifs (C(OH)–C–C–N with tert-alkyl or cyclic N) is 1. The van der Waals surface area contributed by atoms with Gasteiger partial charge in [-0.3, -0.25) is 14.4 Å². The van der Waals surface area contributed by atoms with E-state index in [1.165, 1.54) is 32.6 Å². The molecule has 4 aliphatic heterocycles. The Labute approximate surface area is 233 Å². The monoisotopic (exact) mass is 579 g/mol. The highest BCUT2D eigenvalue weighted by Gasteiger charge is 2.60. The van der Waals surface area contributed by atoms with Crippen LogP contribution in [0, 0.1) is 11.8 Å². The van der Waals surface area contributed by atoms with E-state index in [0.717, 1.165) is 0 Å². The van der Waals surface area contributed by atoms with E-state index in [-0.39, 0.29) is 54.3 Å². The van der Waals surface area contributed by atoms with Crippen LogP contribution >= 0.6 is 11.8 Å². The Bertz CT molecular complexity index is 1210. The number of rotatable bonds is 9. The maximum Gasteiger partial charge on any atom is 0.353 e. The van der Waals surface area contributed by atoms with E-state index in [4.69, 9.17) is 5.73 Å². The molecule has 5 rings (SSSR count). The quantitative estimate of drug-likeness (QED) is 0.155. The number of hydrogen-bond donors (Lipinski definition) is 6. The molecule has 0 radical (unpaired) electrons. The van der Waals surface area contributed by atoms with Crippen molar-refractivity contribution >= 4 is 35.5 Å². The number of carboxylic acids is 1. The number of thioether (sulfide) groups is 1. The lowest BCUT2D eigenvalue weighted by Gasteiger charge is -2.47. The Morgan fingerprint density at radius 3 is 2.75 bits per heavy atom. The zero-order valence-corrected chi connectivity index (χ0v) is 22.8. The number of nitrogens with one attached hydrogen (secondary N) is 2. The van der Waals surface area contributed by atoms with Crippen LogP contribution in [0.2, 0.25) is 0 Å². The molecule has 40 heavy (non-hydrogen) atoms. The molecule has 0 aliphatic carbocycles. The summed E-state index contributed by atoms with van der Waals surface area (Å²) in [5, 5.41) is 46.2. The van der Waals surface area contributed by atoms with E-state index in [9.17, 15) is 34.5 Å². The van der Waals surface area contributed by atoms with E-state index >= 15 is 0 Å². The standard InChI is InChI=1S/C23H33N9O7S/c1-9-18-16(10(2)27-15(35)6-30-8-26-28-29-30)22(37)32(18)19(23(38)39)20(9)40-11-3-12(25-4-11)21(36)31-5-14(34)17(24)13(31)7-33/h8-14,16-18,25,33-34H,3-7,24H2,1-2H3,(H,27,35)(H,38,39)/t9-,10?,11+,12+,13?,14?,16-,17+,18-/m1/s1. The first-order valence-electron chi connectivity index (χ1n) is 13.1. The molecular weight excluding hydrogens is 546 g/mol. The molecule has 1 aromatic rings. The van der Waals surface area contributed by atoms with Crippen LogP contribution in [0.5, 0.6) is 0 Å². The van der Waals surface area contributed by atoms with Gasteiger partial charge in [0.1, 0.15) is 18.6 Å². The fourth-order valence-electron chi connectivity index (χ4n) is 6.24. The average Bonchev–Trinajstić information content (AvgIpc) is 3.67. The second-order valence-electron chi connectivity index (χ2n) is 10.7. The minimum absolute atomic E-state index is 0.0388. The third-order valence-electron chi connectivity index (χ3n) is 8.24. The van der Waals surface area contributed by atoms with Crippen LogP contribution in [0.1, 0.15) is 20.3 Å². The fourth-order valence-corrected chi connectivity index (χ4v) is 7.72. The summed E-state index contributed by atoms with van der Waals surface area (Å²) in [6.07, 6.45) is 0.784. The van der Waals surface area contributed by atoms with Gasteiger partial charge in [-0.1, -0.05) is 6.92 Å². The van der Waals surface area contributed by atoms with Gasteiger partial charge in [0.25, 0.3) is 0 Å². The summed E-state index contributed by atoms with van der Waals surface area (Å²) in [5.41, 5.74) is 5.88. The van der Waals surface area contributed by atoms with Gasteiger partial charge in [0.05, 0.1) is 42.8 Å². The van der Waals surface area contributed by atoms with E-state index in [1.807, 2.05) is 6.92 Å². The number of aliphatic hydroxyl groups is 2. The van der Waals surface area contributed by atoms with Gasteiger partial charge in [0, 0.05) is 35.2 Å². The van der Waals surface area contributed by atoms with Crippen LogP contribution in [0.4, 0.5) is 0 Å². The molecule has 7 N–H and O–H groups in total. The van der Waals surface area contributed by atoms with Crippen molar-refractivity contribution in [1.29, 1.82) is 0 Å². The predicted molar refractivity (Wildman–Crippen MR) is 138 cm³/mol. The molecule has 0 spiro atoms. The van der Waals surface area contributed by atoms with Crippen molar-refractivity contribution in [3.8, 4) is 0 Å². The molecule has 16 nitrogen and oxygen atoms in total. The van der Waals surface area contributed by atoms with Crippen molar-refractivity contribution in [3.05, 3.63) is 16.9 Å². The van der Waals surface area contributed by atoms with Crippen molar-refractivity contribution in [2.75, 3.05) is 19.7 Å². The lowest BCUT2D eigenvalue weighted by Crippen LogP contribution is -2.66. The van der Waals surface area contributed by atoms with Crippen molar-refractivity contribution in [2.24, 2.45) is 17.6 Å². The molecule has 0 bridgehead atoms. The first-order chi connectivity index (χ1) is 19.0. The number of likely N-dealkylation sites (tertiary alicyclic amines) is 1. The molecule has 0 aromatic carbocycles. The molecule has 0 saturated carbocycles. The second kappa shape index (κ2) is 11.0. The molecule has 1 aromatic heterocycles. The number of carbonyl (C=O) groups excluding carboxylic acids is 3. The second-order valence-corrected chi connectivity index (χ2v) is 12.1. The predicted octanol–water partition coefficient (Wildman–Crippen LogP) is -3.69. The average molecular weight is 580 g/mol. The Morgan fingerprint density at radius 2 is 2.10 bits per heavy atom. The van der Waals surface area contributed by atoms with E-state index in [1.54, 1.807) is 6.92 Å². The van der Waals surface area contributed by atoms with Gasteiger partial charge in [-0.15, -0.1) is 16.9 Å². The molecule has 17 heteroatoms. The minimum Gasteiger partial charge on any atom is -0.477 e. The smallest absolute Gasteiger partial charge is 0.353 e. The van der Waals surface area contributed by atoms with Crippen LogP contribution in [0.15, 0.2) is 16.9 Å². The number of carbonyl (C=O) groups is 4. The van der Waals surface area contributed by atoms with Crippen molar-refractivity contribution < 1.29 is 34.5 Å². The summed E-state index contributed by atoms with van der Waals surface area (Å²) in [4.78, 5) is 54.3. The van der Waals surface area contributed by atoms with Crippen LogP contribution in [0.3, 0.4) is 0 Å². The maximum atomic E-state index is 13.2. The number of nitrogens with zero attached hydrogens (tertiary/aromatic N) is 6. The fraction of sp³-hybridized carbons (Fsp3) is 0.696. The summed E-state index contributed by atoms with van der Waals surface area (Å²) < 4.78 is 1.26. The summed E-state index contributed by atoms with van der Waals surface area (Å²) in [5.74, 6) is -3.11.